The van der Waals surface area contributed by atoms with Gasteiger partial charge in [-0.05, 0) is 49.1 Å². The van der Waals surface area contributed by atoms with E-state index < -0.39 is 9.84 Å². The molecule has 1 amide bonds. The highest BCUT2D eigenvalue weighted by atomic mass is 32.2. The van der Waals surface area contributed by atoms with E-state index in [0.29, 0.717) is 11.3 Å². The van der Waals surface area contributed by atoms with E-state index in [1.807, 2.05) is 43.1 Å². The number of amides is 1. The molecule has 146 valence electrons. The van der Waals surface area contributed by atoms with E-state index in [2.05, 4.69) is 17.4 Å². The summed E-state index contributed by atoms with van der Waals surface area (Å²) in [6.45, 7) is 1.94. The van der Waals surface area contributed by atoms with Crippen molar-refractivity contribution in [3.05, 3.63) is 65.9 Å². The standard InChI is InChI=1S/C21H22N2O3S2/c1-14-18(13-23(2)20(14)17-7-5-6-8-19(17)27-3)21(24)22-15-9-11-16(12-10-15)28(4,25)26/h5-13H,1-4H3,(H,22,24). The van der Waals surface area contributed by atoms with Gasteiger partial charge in [-0.2, -0.15) is 0 Å². The molecular formula is C21H22N2O3S2. The highest BCUT2D eigenvalue weighted by molar-refractivity contribution is 7.98. The minimum absolute atomic E-state index is 0.220. The van der Waals surface area contributed by atoms with Gasteiger partial charge in [0.1, 0.15) is 0 Å². The van der Waals surface area contributed by atoms with Crippen molar-refractivity contribution in [3.8, 4) is 11.3 Å². The first-order valence-corrected chi connectivity index (χ1v) is 11.7. The first kappa shape index (κ1) is 20.2. The average Bonchev–Trinajstić information content (AvgIpc) is 2.95. The van der Waals surface area contributed by atoms with E-state index in [1.165, 1.54) is 12.1 Å². The maximum atomic E-state index is 12.8. The number of thioether (sulfide) groups is 1. The number of anilines is 1. The SMILES string of the molecule is CSc1ccccc1-c1c(C)c(C(=O)Nc2ccc(S(C)(=O)=O)cc2)cn1C. The number of aromatic nitrogens is 1. The molecule has 0 aliphatic rings. The lowest BCUT2D eigenvalue weighted by atomic mass is 10.1. The summed E-state index contributed by atoms with van der Waals surface area (Å²) < 4.78 is 25.1. The Bertz CT molecular complexity index is 1130. The number of rotatable bonds is 5. The van der Waals surface area contributed by atoms with Crippen molar-refractivity contribution in [2.75, 3.05) is 17.8 Å². The summed E-state index contributed by atoms with van der Waals surface area (Å²) in [6, 6.07) is 14.3. The maximum Gasteiger partial charge on any atom is 0.257 e. The molecule has 28 heavy (non-hydrogen) atoms. The molecule has 0 saturated carbocycles. The van der Waals surface area contributed by atoms with Crippen LogP contribution in [-0.2, 0) is 16.9 Å². The fourth-order valence-corrected chi connectivity index (χ4v) is 4.42. The summed E-state index contributed by atoms with van der Waals surface area (Å²) in [7, 11) is -1.34. The summed E-state index contributed by atoms with van der Waals surface area (Å²) in [5.74, 6) is -0.229. The van der Waals surface area contributed by atoms with Gasteiger partial charge in [0.2, 0.25) is 0 Å². The molecule has 1 heterocycles. The molecule has 0 spiro atoms. The van der Waals surface area contributed by atoms with Crippen LogP contribution >= 0.6 is 11.8 Å². The maximum absolute atomic E-state index is 12.8. The minimum atomic E-state index is -3.26. The Labute approximate surface area is 169 Å². The molecule has 0 bridgehead atoms. The minimum Gasteiger partial charge on any atom is -0.349 e. The van der Waals surface area contributed by atoms with Crippen LogP contribution < -0.4 is 5.32 Å². The molecule has 0 radical (unpaired) electrons. The van der Waals surface area contributed by atoms with Gasteiger partial charge in [0, 0.05) is 35.6 Å². The zero-order chi connectivity index (χ0) is 20.5. The van der Waals surface area contributed by atoms with Crippen LogP contribution in [0.2, 0.25) is 0 Å². The quantitative estimate of drug-likeness (QED) is 0.629. The third kappa shape index (κ3) is 4.00. The number of hydrogen-bond acceptors (Lipinski definition) is 4. The van der Waals surface area contributed by atoms with Crippen LogP contribution in [-0.4, -0.2) is 31.4 Å². The van der Waals surface area contributed by atoms with Crippen molar-refractivity contribution in [1.82, 2.24) is 4.57 Å². The summed E-state index contributed by atoms with van der Waals surface area (Å²) >= 11 is 1.67. The number of aryl methyl sites for hydroxylation is 1. The fourth-order valence-electron chi connectivity index (χ4n) is 3.19. The van der Waals surface area contributed by atoms with Gasteiger partial charge in [0.25, 0.3) is 5.91 Å². The summed E-state index contributed by atoms with van der Waals surface area (Å²) in [4.78, 5) is 14.2. The molecule has 1 N–H and O–H groups in total. The van der Waals surface area contributed by atoms with Crippen LogP contribution in [0.1, 0.15) is 15.9 Å². The zero-order valence-electron chi connectivity index (χ0n) is 16.2. The predicted molar refractivity (Wildman–Crippen MR) is 115 cm³/mol. The van der Waals surface area contributed by atoms with Crippen LogP contribution in [0.5, 0.6) is 0 Å². The molecular weight excluding hydrogens is 392 g/mol. The molecule has 5 nitrogen and oxygen atoms in total. The van der Waals surface area contributed by atoms with E-state index in [0.717, 1.165) is 28.0 Å². The Morgan fingerprint density at radius 3 is 2.32 bits per heavy atom. The van der Waals surface area contributed by atoms with Gasteiger partial charge in [-0.1, -0.05) is 18.2 Å². The summed E-state index contributed by atoms with van der Waals surface area (Å²) in [5, 5.41) is 2.85. The molecule has 2 aromatic carbocycles. The van der Waals surface area contributed by atoms with E-state index in [-0.39, 0.29) is 10.8 Å². The Hall–Kier alpha value is -2.51. The van der Waals surface area contributed by atoms with Gasteiger partial charge in [0.05, 0.1) is 16.2 Å². The van der Waals surface area contributed by atoms with Crippen LogP contribution in [0.3, 0.4) is 0 Å². The molecule has 1 aromatic heterocycles. The van der Waals surface area contributed by atoms with Crippen molar-refractivity contribution in [2.24, 2.45) is 7.05 Å². The topological polar surface area (TPSA) is 68.2 Å². The lowest BCUT2D eigenvalue weighted by Crippen LogP contribution is -2.12. The third-order valence-electron chi connectivity index (χ3n) is 4.58. The Morgan fingerprint density at radius 2 is 1.71 bits per heavy atom. The molecule has 0 saturated heterocycles. The number of nitrogens with one attached hydrogen (secondary N) is 1. The van der Waals surface area contributed by atoms with Crippen LogP contribution in [0.4, 0.5) is 5.69 Å². The van der Waals surface area contributed by atoms with Gasteiger partial charge < -0.3 is 9.88 Å². The monoisotopic (exact) mass is 414 g/mol. The van der Waals surface area contributed by atoms with Crippen molar-refractivity contribution in [1.29, 1.82) is 0 Å². The van der Waals surface area contributed by atoms with E-state index in [1.54, 1.807) is 23.9 Å². The highest BCUT2D eigenvalue weighted by Gasteiger charge is 2.19. The second kappa shape index (κ2) is 7.85. The largest absolute Gasteiger partial charge is 0.349 e. The smallest absolute Gasteiger partial charge is 0.257 e. The number of carbonyl (C=O) groups excluding carboxylic acids is 1. The zero-order valence-corrected chi connectivity index (χ0v) is 17.8. The van der Waals surface area contributed by atoms with Crippen LogP contribution in [0, 0.1) is 6.92 Å². The average molecular weight is 415 g/mol. The molecule has 0 unspecified atom stereocenters. The Morgan fingerprint density at radius 1 is 1.07 bits per heavy atom. The van der Waals surface area contributed by atoms with Crippen molar-refractivity contribution >= 4 is 33.2 Å². The van der Waals surface area contributed by atoms with Gasteiger partial charge >= 0.3 is 0 Å². The molecule has 0 fully saturated rings. The van der Waals surface area contributed by atoms with Gasteiger partial charge in [0.15, 0.2) is 9.84 Å². The number of nitrogens with zero attached hydrogens (tertiary/aromatic N) is 1. The number of hydrogen-bond donors (Lipinski definition) is 1. The number of benzene rings is 2. The first-order chi connectivity index (χ1) is 13.2. The van der Waals surface area contributed by atoms with E-state index in [9.17, 15) is 13.2 Å². The molecule has 7 heteroatoms. The summed E-state index contributed by atoms with van der Waals surface area (Å²) in [5.41, 5.74) is 4.12. The normalized spacial score (nSPS) is 11.4. The van der Waals surface area contributed by atoms with Gasteiger partial charge in [-0.25, -0.2) is 8.42 Å². The fraction of sp³-hybridized carbons (Fsp3) is 0.190. The lowest BCUT2D eigenvalue weighted by molar-refractivity contribution is 0.102. The first-order valence-electron chi connectivity index (χ1n) is 8.63. The second-order valence-electron chi connectivity index (χ2n) is 6.58. The van der Waals surface area contributed by atoms with Gasteiger partial charge in [-0.15, -0.1) is 11.8 Å². The number of carbonyl (C=O) groups is 1. The van der Waals surface area contributed by atoms with Crippen LogP contribution in [0.25, 0.3) is 11.3 Å². The van der Waals surface area contributed by atoms with E-state index in [4.69, 9.17) is 0 Å². The van der Waals surface area contributed by atoms with Gasteiger partial charge in [-0.3, -0.25) is 4.79 Å². The highest BCUT2D eigenvalue weighted by Crippen LogP contribution is 2.34. The predicted octanol–water partition coefficient (Wildman–Crippen LogP) is 4.38. The van der Waals surface area contributed by atoms with Crippen LogP contribution in [0.15, 0.2) is 64.5 Å². The summed E-state index contributed by atoms with van der Waals surface area (Å²) in [6.07, 6.45) is 5.01. The molecule has 3 rings (SSSR count). The Balaban J connectivity index is 1.91. The number of sulfone groups is 1. The second-order valence-corrected chi connectivity index (χ2v) is 9.44. The van der Waals surface area contributed by atoms with Crippen molar-refractivity contribution < 1.29 is 13.2 Å². The molecule has 0 aliphatic carbocycles. The van der Waals surface area contributed by atoms with Crippen molar-refractivity contribution in [3.63, 3.8) is 0 Å². The third-order valence-corrected chi connectivity index (χ3v) is 6.51. The molecule has 0 aliphatic heterocycles. The molecule has 0 atom stereocenters. The lowest BCUT2D eigenvalue weighted by Gasteiger charge is -2.10. The van der Waals surface area contributed by atoms with E-state index >= 15 is 0 Å². The van der Waals surface area contributed by atoms with Crippen molar-refractivity contribution in [2.45, 2.75) is 16.7 Å². The Kier molecular flexibility index (Phi) is 5.67. The molecule has 3 aromatic rings.